The summed E-state index contributed by atoms with van der Waals surface area (Å²) in [5, 5.41) is 0. The highest BCUT2D eigenvalue weighted by Gasteiger charge is 2.47. The monoisotopic (exact) mass is 454 g/mol. The predicted molar refractivity (Wildman–Crippen MR) is 78.1 cm³/mol. The average Bonchev–Trinajstić information content (AvgIpc) is 2.26. The summed E-state index contributed by atoms with van der Waals surface area (Å²) in [4.78, 5) is 23.7. The second kappa shape index (κ2) is 8.48. The van der Waals surface area contributed by atoms with Crippen molar-refractivity contribution in [1.82, 2.24) is 0 Å². The maximum atomic E-state index is 11.9. The fourth-order valence-corrected chi connectivity index (χ4v) is 3.09. The molecule has 0 atom stereocenters. The van der Waals surface area contributed by atoms with Gasteiger partial charge in [0.05, 0.1) is 13.2 Å². The predicted octanol–water partition coefficient (Wildman–Crippen LogP) is 2.36. The Kier molecular flexibility index (Phi) is 8.70. The van der Waals surface area contributed by atoms with Crippen LogP contribution in [0.3, 0.4) is 0 Å². The number of rotatable bonds is 7. The van der Waals surface area contributed by atoms with Crippen molar-refractivity contribution in [2.75, 3.05) is 22.1 Å². The maximum absolute atomic E-state index is 11.9. The lowest BCUT2D eigenvalue weighted by Crippen LogP contribution is -2.44. The lowest BCUT2D eigenvalue weighted by molar-refractivity contribution is -0.170. The van der Waals surface area contributed by atoms with Crippen LogP contribution in [0.4, 0.5) is 0 Å². The van der Waals surface area contributed by atoms with Crippen molar-refractivity contribution in [2.24, 2.45) is 5.41 Å². The fourth-order valence-electron chi connectivity index (χ4n) is 1.16. The highest BCUT2D eigenvalue weighted by atomic mass is 127. The van der Waals surface area contributed by atoms with E-state index >= 15 is 0 Å². The van der Waals surface area contributed by atoms with Gasteiger partial charge < -0.3 is 9.47 Å². The molecule has 0 aromatic rings. The quantitative estimate of drug-likeness (QED) is 0.257. The second-order valence-corrected chi connectivity index (χ2v) is 4.94. The molecule has 0 aromatic heterocycles. The Balaban J connectivity index is 4.97. The summed E-state index contributed by atoms with van der Waals surface area (Å²) in [6.45, 7) is 4.01. The minimum Gasteiger partial charge on any atom is -0.465 e. The van der Waals surface area contributed by atoms with Crippen molar-refractivity contribution in [3.63, 3.8) is 0 Å². The molecule has 0 fully saturated rings. The first kappa shape index (κ1) is 16.4. The van der Waals surface area contributed by atoms with Crippen molar-refractivity contribution in [1.29, 1.82) is 0 Å². The van der Waals surface area contributed by atoms with Crippen molar-refractivity contribution in [3.8, 4) is 0 Å². The first-order valence-corrected chi connectivity index (χ1v) is 8.10. The van der Waals surface area contributed by atoms with Crippen LogP contribution < -0.4 is 0 Å². The van der Waals surface area contributed by atoms with E-state index in [9.17, 15) is 9.59 Å². The van der Waals surface area contributed by atoms with E-state index in [0.717, 1.165) is 0 Å². The highest BCUT2D eigenvalue weighted by Crippen LogP contribution is 2.30. The highest BCUT2D eigenvalue weighted by molar-refractivity contribution is 14.1. The molecule has 0 radical (unpaired) electrons. The minimum atomic E-state index is -1.13. The summed E-state index contributed by atoms with van der Waals surface area (Å²) in [6, 6.07) is 0. The number of esters is 2. The van der Waals surface area contributed by atoms with Crippen molar-refractivity contribution in [2.45, 2.75) is 20.3 Å². The smallest absolute Gasteiger partial charge is 0.324 e. The summed E-state index contributed by atoms with van der Waals surface area (Å²) < 4.78 is 11.0. The Bertz CT molecular complexity index is 225. The third-order valence-corrected chi connectivity index (χ3v) is 3.92. The topological polar surface area (TPSA) is 52.6 Å². The van der Waals surface area contributed by atoms with E-state index in [1.54, 1.807) is 13.8 Å². The van der Waals surface area contributed by atoms with Crippen LogP contribution in [0.25, 0.3) is 0 Å². The largest absolute Gasteiger partial charge is 0.465 e. The molecule has 0 amide bonds. The zero-order valence-corrected chi connectivity index (χ0v) is 13.7. The Morgan fingerprint density at radius 2 is 1.50 bits per heavy atom. The van der Waals surface area contributed by atoms with Gasteiger partial charge in [0.1, 0.15) is 0 Å². The molecule has 0 aromatic carbocycles. The minimum absolute atomic E-state index is 0.276. The molecule has 0 spiro atoms. The molecule has 0 saturated heterocycles. The molecule has 0 bridgehead atoms. The number of halogens is 2. The summed E-state index contributed by atoms with van der Waals surface area (Å²) in [6.07, 6.45) is 0.453. The van der Waals surface area contributed by atoms with Crippen molar-refractivity contribution >= 4 is 57.1 Å². The molecule has 0 saturated carbocycles. The van der Waals surface area contributed by atoms with Crippen LogP contribution in [0.15, 0.2) is 0 Å². The first-order chi connectivity index (χ1) is 7.58. The molecule has 0 aliphatic rings. The van der Waals surface area contributed by atoms with Gasteiger partial charge in [-0.15, -0.1) is 0 Å². The van der Waals surface area contributed by atoms with Crippen LogP contribution in [0.5, 0.6) is 0 Å². The fraction of sp³-hybridized carbons (Fsp3) is 0.800. The van der Waals surface area contributed by atoms with Gasteiger partial charge >= 0.3 is 11.9 Å². The molecule has 0 heterocycles. The molecule has 0 aliphatic carbocycles. The number of carbonyl (C=O) groups is 2. The number of carbonyl (C=O) groups excluding carboxylic acids is 2. The van der Waals surface area contributed by atoms with Crippen LogP contribution in [-0.4, -0.2) is 34.0 Å². The molecule has 6 heteroatoms. The number of hydrogen-bond acceptors (Lipinski definition) is 4. The molecule has 94 valence electrons. The first-order valence-electron chi connectivity index (χ1n) is 5.05. The van der Waals surface area contributed by atoms with Gasteiger partial charge in [0.25, 0.3) is 0 Å². The van der Waals surface area contributed by atoms with Crippen molar-refractivity contribution in [3.05, 3.63) is 0 Å². The molecular weight excluding hydrogens is 438 g/mol. The van der Waals surface area contributed by atoms with E-state index in [-0.39, 0.29) is 13.2 Å². The SMILES string of the molecule is CCOC(=O)C(CI)(CCI)C(=O)OCC. The van der Waals surface area contributed by atoms with E-state index < -0.39 is 17.4 Å². The van der Waals surface area contributed by atoms with Gasteiger partial charge in [0.2, 0.25) is 0 Å². The summed E-state index contributed by atoms with van der Waals surface area (Å²) in [5.74, 6) is -0.945. The zero-order chi connectivity index (χ0) is 12.6. The van der Waals surface area contributed by atoms with E-state index in [0.29, 0.717) is 15.3 Å². The van der Waals surface area contributed by atoms with Crippen LogP contribution in [0, 0.1) is 5.41 Å². The molecule has 0 N–H and O–H groups in total. The zero-order valence-electron chi connectivity index (χ0n) is 9.42. The molecule has 16 heavy (non-hydrogen) atoms. The number of ether oxygens (including phenoxy) is 2. The summed E-state index contributed by atoms with van der Waals surface area (Å²) in [5.41, 5.74) is -1.13. The molecule has 0 aliphatic heterocycles. The number of alkyl halides is 2. The lowest BCUT2D eigenvalue weighted by atomic mass is 9.88. The van der Waals surface area contributed by atoms with E-state index in [1.807, 2.05) is 22.6 Å². The van der Waals surface area contributed by atoms with Crippen LogP contribution in [0.1, 0.15) is 20.3 Å². The van der Waals surface area contributed by atoms with Gasteiger partial charge in [-0.05, 0) is 20.3 Å². The molecule has 4 nitrogen and oxygen atoms in total. The molecule has 0 rings (SSSR count). The van der Waals surface area contributed by atoms with Gasteiger partial charge in [-0.1, -0.05) is 45.2 Å². The molecular formula is C10H16I2O4. The van der Waals surface area contributed by atoms with Gasteiger partial charge in [-0.25, -0.2) is 0 Å². The molecule has 0 unspecified atom stereocenters. The Morgan fingerprint density at radius 1 is 1.06 bits per heavy atom. The van der Waals surface area contributed by atoms with Gasteiger partial charge in [0, 0.05) is 8.86 Å². The van der Waals surface area contributed by atoms with Crippen LogP contribution in [-0.2, 0) is 19.1 Å². The second-order valence-electron chi connectivity index (χ2n) is 3.10. The lowest BCUT2D eigenvalue weighted by Gasteiger charge is -2.26. The van der Waals surface area contributed by atoms with Gasteiger partial charge in [0.15, 0.2) is 5.41 Å². The Labute approximate surface area is 123 Å². The Morgan fingerprint density at radius 3 is 1.75 bits per heavy atom. The maximum Gasteiger partial charge on any atom is 0.324 e. The summed E-state index contributed by atoms with van der Waals surface area (Å²) >= 11 is 4.17. The summed E-state index contributed by atoms with van der Waals surface area (Å²) in [7, 11) is 0. The average molecular weight is 454 g/mol. The van der Waals surface area contributed by atoms with Crippen LogP contribution >= 0.6 is 45.2 Å². The third-order valence-electron chi connectivity index (χ3n) is 2.08. The van der Waals surface area contributed by atoms with E-state index in [2.05, 4.69) is 22.6 Å². The third kappa shape index (κ3) is 4.01. The Hall–Kier alpha value is 0.400. The van der Waals surface area contributed by atoms with E-state index in [4.69, 9.17) is 9.47 Å². The van der Waals surface area contributed by atoms with Crippen molar-refractivity contribution < 1.29 is 19.1 Å². The van der Waals surface area contributed by atoms with E-state index in [1.165, 1.54) is 0 Å². The number of hydrogen-bond donors (Lipinski definition) is 0. The van der Waals surface area contributed by atoms with Crippen LogP contribution in [0.2, 0.25) is 0 Å². The van der Waals surface area contributed by atoms with Gasteiger partial charge in [-0.3, -0.25) is 9.59 Å². The van der Waals surface area contributed by atoms with Gasteiger partial charge in [-0.2, -0.15) is 0 Å². The standard InChI is InChI=1S/C10H16I2O4/c1-3-15-8(13)10(7-12,5-6-11)9(14)16-4-2/h3-7H2,1-2H3. The normalized spacial score (nSPS) is 11.0.